The highest BCUT2D eigenvalue weighted by molar-refractivity contribution is 7.92. The molecule has 4 aromatic rings. The van der Waals surface area contributed by atoms with Gasteiger partial charge in [0.1, 0.15) is 0 Å². The number of para-hydroxylation sites is 1. The van der Waals surface area contributed by atoms with Crippen molar-refractivity contribution in [2.45, 2.75) is 47.8 Å². The number of carbonyl (C=O) groups is 1. The molecule has 8 nitrogen and oxygen atoms in total. The fourth-order valence-electron chi connectivity index (χ4n) is 5.14. The number of anilines is 4. The average molecular weight is 568 g/mol. The number of nitrogens with zero attached hydrogens (tertiary/aromatic N) is 3. The maximum Gasteiger partial charge on any atom is 0.233 e. The van der Waals surface area contributed by atoms with Crippen molar-refractivity contribution in [1.29, 1.82) is 0 Å². The number of benzene rings is 2. The molecule has 1 atom stereocenters. The van der Waals surface area contributed by atoms with E-state index in [1.54, 1.807) is 36.7 Å². The molecule has 2 aliphatic rings. The third-order valence-electron chi connectivity index (χ3n) is 7.03. The van der Waals surface area contributed by atoms with E-state index in [1.165, 1.54) is 35.5 Å². The van der Waals surface area contributed by atoms with E-state index in [0.717, 1.165) is 24.8 Å². The van der Waals surface area contributed by atoms with E-state index in [9.17, 15) is 13.2 Å². The van der Waals surface area contributed by atoms with E-state index < -0.39 is 9.84 Å². The minimum Gasteiger partial charge on any atom is -0.375 e. The largest absolute Gasteiger partial charge is 0.375 e. The zero-order chi connectivity index (χ0) is 26.7. The molecule has 6 rings (SSSR count). The van der Waals surface area contributed by atoms with Crippen LogP contribution in [-0.4, -0.2) is 31.3 Å². The predicted molar refractivity (Wildman–Crippen MR) is 153 cm³/mol. The van der Waals surface area contributed by atoms with Gasteiger partial charge in [-0.1, -0.05) is 43.9 Å². The first-order valence-electron chi connectivity index (χ1n) is 12.4. The molecular formula is C27H29N5O3S3. The number of nitrogens with two attached hydrogens (primary N) is 1. The zero-order valence-corrected chi connectivity index (χ0v) is 23.4. The van der Waals surface area contributed by atoms with Crippen LogP contribution >= 0.6 is 22.7 Å². The van der Waals surface area contributed by atoms with Crippen LogP contribution in [-0.2, 0) is 14.6 Å². The SMILES string of the molecule is CN1c2ccccc2S(=O)(=O)c2ccc(C(CC3CCCC3)C(=O)Nc3nccs3)cc21.Nc1nccs1. The molecule has 11 heteroatoms. The number of hydrogen-bond donors (Lipinski definition) is 2. The van der Waals surface area contributed by atoms with Crippen LogP contribution in [0.2, 0.25) is 0 Å². The standard InChI is InChI=1S/C24H25N3O3S2.C3H4N2S/c1-27-19-8-4-5-9-21(19)32(29,30)22-11-10-17(15-20(22)27)18(14-16-6-2-3-7-16)23(28)26-24-25-12-13-31-24;4-3-5-1-2-6-3/h4-5,8-13,15-16,18H,2-3,6-7,14H2,1H3,(H,25,26,28);1-2H,(H2,4,5). The number of aromatic nitrogens is 2. The lowest BCUT2D eigenvalue weighted by Crippen LogP contribution is -2.25. The van der Waals surface area contributed by atoms with Gasteiger partial charge < -0.3 is 16.0 Å². The first-order chi connectivity index (χ1) is 18.3. The van der Waals surface area contributed by atoms with Gasteiger partial charge in [-0.2, -0.15) is 0 Å². The van der Waals surface area contributed by atoms with Crippen molar-refractivity contribution in [3.8, 4) is 0 Å². The van der Waals surface area contributed by atoms with Crippen molar-refractivity contribution < 1.29 is 13.2 Å². The molecule has 1 aliphatic heterocycles. The lowest BCUT2D eigenvalue weighted by molar-refractivity contribution is -0.118. The van der Waals surface area contributed by atoms with E-state index >= 15 is 0 Å². The number of nitrogens with one attached hydrogen (secondary N) is 1. The quantitative estimate of drug-likeness (QED) is 0.300. The van der Waals surface area contributed by atoms with Gasteiger partial charge in [0.25, 0.3) is 0 Å². The monoisotopic (exact) mass is 567 g/mol. The fourth-order valence-corrected chi connectivity index (χ4v) is 7.74. The van der Waals surface area contributed by atoms with E-state index in [4.69, 9.17) is 5.73 Å². The lowest BCUT2D eigenvalue weighted by atomic mass is 9.87. The summed E-state index contributed by atoms with van der Waals surface area (Å²) in [5, 5.41) is 7.84. The van der Waals surface area contributed by atoms with Crippen LogP contribution in [0.25, 0.3) is 0 Å². The Morgan fingerprint density at radius 1 is 1.05 bits per heavy atom. The van der Waals surface area contributed by atoms with Crippen LogP contribution in [0.3, 0.4) is 0 Å². The molecule has 3 N–H and O–H groups in total. The van der Waals surface area contributed by atoms with Crippen molar-refractivity contribution in [2.75, 3.05) is 23.0 Å². The summed E-state index contributed by atoms with van der Waals surface area (Å²) in [5.41, 5.74) is 7.28. The van der Waals surface area contributed by atoms with Crippen molar-refractivity contribution >= 4 is 60.1 Å². The molecule has 1 fully saturated rings. The van der Waals surface area contributed by atoms with Crippen molar-refractivity contribution in [3.63, 3.8) is 0 Å². The van der Waals surface area contributed by atoms with Gasteiger partial charge in [-0.25, -0.2) is 18.4 Å². The predicted octanol–water partition coefficient (Wildman–Crippen LogP) is 6.09. The molecule has 1 amide bonds. The second kappa shape index (κ2) is 11.2. The van der Waals surface area contributed by atoms with Gasteiger partial charge in [0.15, 0.2) is 10.3 Å². The number of thiazole rings is 2. The van der Waals surface area contributed by atoms with Crippen molar-refractivity contribution in [1.82, 2.24) is 9.97 Å². The summed E-state index contributed by atoms with van der Waals surface area (Å²) in [6.07, 6.45) is 8.77. The highest BCUT2D eigenvalue weighted by Crippen LogP contribution is 2.45. The summed E-state index contributed by atoms with van der Waals surface area (Å²) >= 11 is 2.84. The van der Waals surface area contributed by atoms with Crippen molar-refractivity contribution in [3.05, 3.63) is 71.2 Å². The molecule has 1 saturated carbocycles. The van der Waals surface area contributed by atoms with Crippen LogP contribution < -0.4 is 16.0 Å². The fraction of sp³-hybridized carbons (Fsp3) is 0.296. The Bertz CT molecular complexity index is 1500. The number of carbonyl (C=O) groups excluding carboxylic acids is 1. The number of fused-ring (bicyclic) bond motifs is 2. The Kier molecular flexibility index (Phi) is 7.78. The highest BCUT2D eigenvalue weighted by atomic mass is 32.2. The first kappa shape index (κ1) is 26.3. The van der Waals surface area contributed by atoms with Crippen molar-refractivity contribution in [2.24, 2.45) is 5.92 Å². The maximum atomic E-state index is 13.3. The van der Waals surface area contributed by atoms with Gasteiger partial charge in [-0.05, 0) is 42.2 Å². The summed E-state index contributed by atoms with van der Waals surface area (Å²) in [6, 6.07) is 12.4. The van der Waals surface area contributed by atoms with Gasteiger partial charge in [0.2, 0.25) is 15.7 Å². The molecule has 198 valence electrons. The number of hydrogen-bond acceptors (Lipinski definition) is 9. The van der Waals surface area contributed by atoms with E-state index in [1.807, 2.05) is 40.9 Å². The molecule has 0 spiro atoms. The summed E-state index contributed by atoms with van der Waals surface area (Å²) < 4.78 is 26.5. The topological polar surface area (TPSA) is 118 Å². The molecule has 0 bridgehead atoms. The molecule has 0 radical (unpaired) electrons. The summed E-state index contributed by atoms with van der Waals surface area (Å²) in [4.78, 5) is 23.7. The van der Waals surface area contributed by atoms with Crippen LogP contribution in [0, 0.1) is 5.92 Å². The second-order valence-corrected chi connectivity index (χ2v) is 13.1. The summed E-state index contributed by atoms with van der Waals surface area (Å²) in [7, 11) is -1.74. The normalized spacial score (nSPS) is 16.6. The molecular weight excluding hydrogens is 539 g/mol. The van der Waals surface area contributed by atoms with Crippen LogP contribution in [0.4, 0.5) is 21.6 Å². The Morgan fingerprint density at radius 2 is 1.76 bits per heavy atom. The highest BCUT2D eigenvalue weighted by Gasteiger charge is 2.34. The van der Waals surface area contributed by atoms with Crippen LogP contribution in [0.5, 0.6) is 0 Å². The first-order valence-corrected chi connectivity index (χ1v) is 15.7. The second-order valence-electron chi connectivity index (χ2n) is 9.39. The van der Waals surface area contributed by atoms with E-state index in [-0.39, 0.29) is 16.7 Å². The third-order valence-corrected chi connectivity index (χ3v) is 10.2. The molecule has 1 unspecified atom stereocenters. The zero-order valence-electron chi connectivity index (χ0n) is 20.9. The molecule has 3 heterocycles. The maximum absolute atomic E-state index is 13.3. The average Bonchev–Trinajstić information content (AvgIpc) is 3.71. The van der Waals surface area contributed by atoms with Gasteiger partial charge in [0, 0.05) is 30.2 Å². The third kappa shape index (κ3) is 5.45. The van der Waals surface area contributed by atoms with Gasteiger partial charge in [0.05, 0.1) is 27.1 Å². The van der Waals surface area contributed by atoms with Crippen LogP contribution in [0.1, 0.15) is 43.6 Å². The minimum absolute atomic E-state index is 0.0893. The van der Waals surface area contributed by atoms with E-state index in [0.29, 0.717) is 32.5 Å². The number of amides is 1. The molecule has 2 aromatic carbocycles. The number of sulfone groups is 1. The Balaban J connectivity index is 0.000000433. The number of rotatable bonds is 5. The van der Waals surface area contributed by atoms with Gasteiger partial charge in [-0.15, -0.1) is 22.7 Å². The van der Waals surface area contributed by atoms with Gasteiger partial charge in [-0.3, -0.25) is 4.79 Å². The molecule has 1 aliphatic carbocycles. The lowest BCUT2D eigenvalue weighted by Gasteiger charge is -2.31. The Hall–Kier alpha value is -3.28. The summed E-state index contributed by atoms with van der Waals surface area (Å²) in [5.74, 6) is 0.0503. The van der Waals surface area contributed by atoms with Gasteiger partial charge >= 0.3 is 0 Å². The summed E-state index contributed by atoms with van der Waals surface area (Å²) in [6.45, 7) is 0. The van der Waals surface area contributed by atoms with Crippen LogP contribution in [0.15, 0.2) is 75.4 Å². The molecule has 0 saturated heterocycles. The van der Waals surface area contributed by atoms with E-state index in [2.05, 4.69) is 15.3 Å². The minimum atomic E-state index is -3.61. The smallest absolute Gasteiger partial charge is 0.233 e. The Morgan fingerprint density at radius 3 is 2.42 bits per heavy atom. The molecule has 2 aromatic heterocycles. The molecule has 38 heavy (non-hydrogen) atoms. The Labute approximate surface area is 230 Å². The number of nitrogen functional groups attached to an aromatic ring is 1.